The van der Waals surface area contributed by atoms with Crippen LogP contribution in [0.3, 0.4) is 0 Å². The monoisotopic (exact) mass is 456 g/mol. The van der Waals surface area contributed by atoms with Crippen LogP contribution in [0.25, 0.3) is 43.9 Å². The summed E-state index contributed by atoms with van der Waals surface area (Å²) in [5.74, 6) is 0. The van der Waals surface area contributed by atoms with Crippen LogP contribution in [-0.4, -0.2) is 9.97 Å². The lowest BCUT2D eigenvalue weighted by Crippen LogP contribution is -2.10. The molecule has 0 unspecified atom stereocenters. The van der Waals surface area contributed by atoms with Crippen molar-refractivity contribution in [2.24, 2.45) is 0 Å². The molecule has 0 saturated carbocycles. The standard InChI is InChI=1S/C32H28N2O/c1-20-13-28-27(18-25-10-12-35-31(25)30(28)34-19-20)29-16-22(9-11-33-29)14-21-5-6-24-17-26(32(2,3)4)8-7-23(24)15-21/h5-13,15-19H,14H2,1-4H3. The third-order valence-electron chi connectivity index (χ3n) is 6.80. The van der Waals surface area contributed by atoms with Gasteiger partial charge in [-0.3, -0.25) is 9.97 Å². The van der Waals surface area contributed by atoms with E-state index in [1.807, 2.05) is 18.5 Å². The molecule has 0 aliphatic heterocycles. The summed E-state index contributed by atoms with van der Waals surface area (Å²) < 4.78 is 5.74. The number of furan rings is 1. The Bertz CT molecular complexity index is 1720. The van der Waals surface area contributed by atoms with Gasteiger partial charge in [0.1, 0.15) is 5.52 Å². The van der Waals surface area contributed by atoms with Gasteiger partial charge in [0.25, 0.3) is 0 Å². The SMILES string of the molecule is Cc1cnc2c(c1)c(-c1cc(Cc3ccc4cc(C(C)(C)C)ccc4c3)ccn1)cc1ccoc12. The Hall–Kier alpha value is -3.98. The average molecular weight is 457 g/mol. The van der Waals surface area contributed by atoms with Gasteiger partial charge in [0.05, 0.1) is 12.0 Å². The smallest absolute Gasteiger partial charge is 0.160 e. The van der Waals surface area contributed by atoms with Crippen LogP contribution in [0.15, 0.2) is 89.8 Å². The summed E-state index contributed by atoms with van der Waals surface area (Å²) in [6.07, 6.45) is 6.39. The molecule has 6 rings (SSSR count). The molecule has 35 heavy (non-hydrogen) atoms. The summed E-state index contributed by atoms with van der Waals surface area (Å²) in [5.41, 5.74) is 8.91. The molecule has 0 bridgehead atoms. The molecule has 3 nitrogen and oxygen atoms in total. The minimum absolute atomic E-state index is 0.151. The van der Waals surface area contributed by atoms with Gasteiger partial charge in [0.2, 0.25) is 0 Å². The van der Waals surface area contributed by atoms with Crippen LogP contribution in [0, 0.1) is 6.92 Å². The quantitative estimate of drug-likeness (QED) is 0.268. The first-order valence-electron chi connectivity index (χ1n) is 12.1. The second-order valence-corrected chi connectivity index (χ2v) is 10.5. The second-order valence-electron chi connectivity index (χ2n) is 10.5. The molecule has 0 amide bonds. The van der Waals surface area contributed by atoms with Gasteiger partial charge in [-0.05, 0) is 82.1 Å². The minimum atomic E-state index is 0.151. The summed E-state index contributed by atoms with van der Waals surface area (Å²) in [6, 6.07) is 24.3. The Morgan fingerprint density at radius 3 is 2.43 bits per heavy atom. The lowest BCUT2D eigenvalue weighted by Gasteiger charge is -2.19. The molecule has 0 fully saturated rings. The van der Waals surface area contributed by atoms with Crippen LogP contribution in [-0.2, 0) is 11.8 Å². The topological polar surface area (TPSA) is 38.9 Å². The van der Waals surface area contributed by atoms with Crippen LogP contribution < -0.4 is 0 Å². The van der Waals surface area contributed by atoms with Crippen molar-refractivity contribution in [1.29, 1.82) is 0 Å². The van der Waals surface area contributed by atoms with E-state index in [1.54, 1.807) is 6.26 Å². The summed E-state index contributed by atoms with van der Waals surface area (Å²) in [7, 11) is 0. The van der Waals surface area contributed by atoms with Gasteiger partial charge in [0, 0.05) is 28.7 Å². The molecule has 3 heteroatoms. The van der Waals surface area contributed by atoms with Crippen molar-refractivity contribution >= 4 is 32.6 Å². The molecule has 3 heterocycles. The average Bonchev–Trinajstić information content (AvgIpc) is 3.31. The highest BCUT2D eigenvalue weighted by atomic mass is 16.3. The van der Waals surface area contributed by atoms with Gasteiger partial charge in [-0.1, -0.05) is 57.2 Å². The third kappa shape index (κ3) is 3.97. The van der Waals surface area contributed by atoms with Crippen molar-refractivity contribution in [2.75, 3.05) is 0 Å². The number of rotatable bonds is 3. The zero-order chi connectivity index (χ0) is 24.2. The number of nitrogens with zero attached hydrogens (tertiary/aromatic N) is 2. The third-order valence-corrected chi connectivity index (χ3v) is 6.80. The number of aromatic nitrogens is 2. The number of benzene rings is 3. The molecule has 0 radical (unpaired) electrons. The van der Waals surface area contributed by atoms with Crippen LogP contribution in [0.5, 0.6) is 0 Å². The van der Waals surface area contributed by atoms with Crippen LogP contribution in [0.1, 0.15) is 43.0 Å². The van der Waals surface area contributed by atoms with Gasteiger partial charge in [-0.15, -0.1) is 0 Å². The van der Waals surface area contributed by atoms with Crippen molar-refractivity contribution < 1.29 is 4.42 Å². The van der Waals surface area contributed by atoms with Crippen molar-refractivity contribution in [3.05, 3.63) is 108 Å². The zero-order valence-corrected chi connectivity index (χ0v) is 20.6. The van der Waals surface area contributed by atoms with E-state index in [9.17, 15) is 0 Å². The van der Waals surface area contributed by atoms with Crippen molar-refractivity contribution in [1.82, 2.24) is 9.97 Å². The first-order valence-corrected chi connectivity index (χ1v) is 12.1. The fourth-order valence-corrected chi connectivity index (χ4v) is 4.86. The molecule has 0 saturated heterocycles. The number of hydrogen-bond acceptors (Lipinski definition) is 3. The van der Waals surface area contributed by atoms with E-state index in [0.29, 0.717) is 0 Å². The number of fused-ring (bicyclic) bond motifs is 4. The maximum Gasteiger partial charge on any atom is 0.160 e. The van der Waals surface area contributed by atoms with Gasteiger partial charge < -0.3 is 4.42 Å². The van der Waals surface area contributed by atoms with Crippen molar-refractivity contribution in [3.63, 3.8) is 0 Å². The fraction of sp³-hybridized carbons (Fsp3) is 0.188. The van der Waals surface area contributed by atoms with E-state index < -0.39 is 0 Å². The summed E-state index contributed by atoms with van der Waals surface area (Å²) >= 11 is 0. The Morgan fingerprint density at radius 1 is 0.771 bits per heavy atom. The highest BCUT2D eigenvalue weighted by Crippen LogP contribution is 2.34. The lowest BCUT2D eigenvalue weighted by atomic mass is 9.85. The van der Waals surface area contributed by atoms with E-state index in [-0.39, 0.29) is 5.41 Å². The first-order chi connectivity index (χ1) is 16.8. The van der Waals surface area contributed by atoms with E-state index >= 15 is 0 Å². The molecule has 3 aromatic carbocycles. The largest absolute Gasteiger partial charge is 0.462 e. The molecule has 0 atom stereocenters. The highest BCUT2D eigenvalue weighted by molar-refractivity contribution is 6.09. The number of hydrogen-bond donors (Lipinski definition) is 0. The summed E-state index contributed by atoms with van der Waals surface area (Å²) in [6.45, 7) is 8.84. The summed E-state index contributed by atoms with van der Waals surface area (Å²) in [5, 5.41) is 4.68. The van der Waals surface area contributed by atoms with E-state index in [0.717, 1.165) is 45.1 Å². The molecule has 0 N–H and O–H groups in total. The van der Waals surface area contributed by atoms with Crippen LogP contribution >= 0.6 is 0 Å². The Balaban J connectivity index is 1.39. The molecule has 3 aromatic heterocycles. The van der Waals surface area contributed by atoms with Gasteiger partial charge in [-0.25, -0.2) is 0 Å². The molecule has 0 aliphatic carbocycles. The van der Waals surface area contributed by atoms with Gasteiger partial charge >= 0.3 is 0 Å². The molecule has 6 aromatic rings. The van der Waals surface area contributed by atoms with Gasteiger partial charge in [0.15, 0.2) is 5.58 Å². The second kappa shape index (κ2) is 8.06. The minimum Gasteiger partial charge on any atom is -0.462 e. The van der Waals surface area contributed by atoms with Crippen molar-refractivity contribution in [2.45, 2.75) is 39.5 Å². The Morgan fingerprint density at radius 2 is 1.57 bits per heavy atom. The van der Waals surface area contributed by atoms with E-state index in [1.165, 1.54) is 27.5 Å². The maximum atomic E-state index is 5.74. The predicted molar refractivity (Wildman–Crippen MR) is 145 cm³/mol. The molecule has 0 spiro atoms. The molecular weight excluding hydrogens is 428 g/mol. The molecular formula is C32H28N2O. The predicted octanol–water partition coefficient (Wildman–Crippen LogP) is 8.39. The van der Waals surface area contributed by atoms with Crippen LogP contribution in [0.2, 0.25) is 0 Å². The summed E-state index contributed by atoms with van der Waals surface area (Å²) in [4.78, 5) is 9.43. The van der Waals surface area contributed by atoms with E-state index in [2.05, 4.69) is 93.3 Å². The molecule has 0 aliphatic rings. The van der Waals surface area contributed by atoms with E-state index in [4.69, 9.17) is 9.40 Å². The Labute approximate surface area is 205 Å². The highest BCUT2D eigenvalue weighted by Gasteiger charge is 2.15. The number of aryl methyl sites for hydroxylation is 1. The molecule has 172 valence electrons. The Kier molecular flexibility index (Phi) is 4.96. The number of pyridine rings is 2. The van der Waals surface area contributed by atoms with Crippen molar-refractivity contribution in [3.8, 4) is 11.3 Å². The van der Waals surface area contributed by atoms with Crippen LogP contribution in [0.4, 0.5) is 0 Å². The lowest BCUT2D eigenvalue weighted by molar-refractivity contribution is 0.591. The first kappa shape index (κ1) is 21.5. The normalized spacial score (nSPS) is 12.1. The zero-order valence-electron chi connectivity index (χ0n) is 20.6. The van der Waals surface area contributed by atoms with Gasteiger partial charge in [-0.2, -0.15) is 0 Å². The maximum absolute atomic E-state index is 5.74. The fourth-order valence-electron chi connectivity index (χ4n) is 4.86.